The maximum atomic E-state index is 12.2. The van der Waals surface area contributed by atoms with E-state index in [4.69, 9.17) is 16.7 Å². The minimum atomic E-state index is -0.906. The molecule has 106 valence electrons. The predicted octanol–water partition coefficient (Wildman–Crippen LogP) is 3.28. The molecule has 1 heterocycles. The van der Waals surface area contributed by atoms with Crippen molar-refractivity contribution in [3.05, 3.63) is 52.5 Å². The lowest BCUT2D eigenvalue weighted by Gasteiger charge is -2.10. The lowest BCUT2D eigenvalue weighted by Crippen LogP contribution is -2.10. The Kier molecular flexibility index (Phi) is 3.27. The highest BCUT2D eigenvalue weighted by Crippen LogP contribution is 2.34. The van der Waals surface area contributed by atoms with Gasteiger partial charge in [0, 0.05) is 5.02 Å². The molecule has 0 saturated heterocycles. The minimum absolute atomic E-state index is 0.0781. The molecule has 2 aromatic rings. The summed E-state index contributed by atoms with van der Waals surface area (Å²) in [6, 6.07) is 10.0. The van der Waals surface area contributed by atoms with Crippen LogP contribution >= 0.6 is 11.6 Å². The van der Waals surface area contributed by atoms with Crippen LogP contribution in [0.1, 0.15) is 15.9 Å². The molecule has 0 aromatic heterocycles. The second-order valence-electron chi connectivity index (χ2n) is 4.72. The molecule has 5 nitrogen and oxygen atoms in total. The van der Waals surface area contributed by atoms with Crippen molar-refractivity contribution in [3.8, 4) is 0 Å². The third-order valence-electron chi connectivity index (χ3n) is 3.18. The Morgan fingerprint density at radius 1 is 1.05 bits per heavy atom. The number of nitrogens with one attached hydrogen (secondary N) is 2. The van der Waals surface area contributed by atoms with Gasteiger partial charge in [-0.3, -0.25) is 9.59 Å². The van der Waals surface area contributed by atoms with E-state index in [-0.39, 0.29) is 12.3 Å². The summed E-state index contributed by atoms with van der Waals surface area (Å²) in [5.41, 5.74) is 2.96. The fourth-order valence-corrected chi connectivity index (χ4v) is 2.41. The highest BCUT2D eigenvalue weighted by Gasteiger charge is 2.19. The smallest absolute Gasteiger partial charge is 0.307 e. The van der Waals surface area contributed by atoms with Gasteiger partial charge in [0.15, 0.2) is 0 Å². The molecule has 0 fully saturated rings. The molecule has 2 aromatic carbocycles. The largest absolute Gasteiger partial charge is 0.481 e. The number of fused-ring (bicyclic) bond motifs is 2. The Bertz CT molecular complexity index is 759. The van der Waals surface area contributed by atoms with Gasteiger partial charge in [-0.15, -0.1) is 0 Å². The Balaban J connectivity index is 2.06. The monoisotopic (exact) mass is 302 g/mol. The van der Waals surface area contributed by atoms with E-state index in [1.807, 2.05) is 0 Å². The Morgan fingerprint density at radius 3 is 2.62 bits per heavy atom. The van der Waals surface area contributed by atoms with Crippen molar-refractivity contribution in [3.63, 3.8) is 0 Å². The summed E-state index contributed by atoms with van der Waals surface area (Å²) in [5.74, 6) is -1.14. The Hall–Kier alpha value is -2.53. The molecule has 6 heteroatoms. The molecule has 0 atom stereocenters. The van der Waals surface area contributed by atoms with Crippen molar-refractivity contribution < 1.29 is 14.7 Å². The maximum Gasteiger partial charge on any atom is 0.307 e. The number of hydrogen-bond acceptors (Lipinski definition) is 3. The summed E-state index contributed by atoms with van der Waals surface area (Å²) in [6.07, 6.45) is -0.0781. The first-order chi connectivity index (χ1) is 10.0. The standard InChI is InChI=1S/C15H11ClN2O3/c16-9-2-3-10-12(7-9)17-13-5-8(6-14(19)20)1-4-11(13)18-15(10)21/h1-5,7,17H,6H2,(H,18,21)(H,19,20). The van der Waals surface area contributed by atoms with E-state index in [0.29, 0.717) is 33.2 Å². The molecular formula is C15H11ClN2O3. The van der Waals surface area contributed by atoms with Crippen LogP contribution in [0.4, 0.5) is 17.1 Å². The molecule has 0 unspecified atom stereocenters. The highest BCUT2D eigenvalue weighted by molar-refractivity contribution is 6.31. The van der Waals surface area contributed by atoms with E-state index < -0.39 is 5.97 Å². The van der Waals surface area contributed by atoms with Gasteiger partial charge >= 0.3 is 5.97 Å². The van der Waals surface area contributed by atoms with E-state index >= 15 is 0 Å². The second-order valence-corrected chi connectivity index (χ2v) is 5.16. The number of halogens is 1. The number of carbonyl (C=O) groups is 2. The molecule has 0 radical (unpaired) electrons. The van der Waals surface area contributed by atoms with E-state index in [2.05, 4.69) is 10.6 Å². The molecule has 0 spiro atoms. The Labute approximate surface area is 125 Å². The zero-order valence-corrected chi connectivity index (χ0v) is 11.6. The number of aliphatic carboxylic acids is 1. The lowest BCUT2D eigenvalue weighted by atomic mass is 10.1. The molecule has 1 aliphatic rings. The van der Waals surface area contributed by atoms with Crippen molar-refractivity contribution in [2.24, 2.45) is 0 Å². The Morgan fingerprint density at radius 2 is 1.86 bits per heavy atom. The van der Waals surface area contributed by atoms with E-state index in [1.54, 1.807) is 36.4 Å². The van der Waals surface area contributed by atoms with Gasteiger partial charge in [0.2, 0.25) is 0 Å². The number of amides is 1. The maximum absolute atomic E-state index is 12.2. The van der Waals surface area contributed by atoms with Gasteiger partial charge in [0.05, 0.1) is 29.0 Å². The van der Waals surface area contributed by atoms with Crippen LogP contribution in [-0.2, 0) is 11.2 Å². The summed E-state index contributed by atoms with van der Waals surface area (Å²) in [5, 5.41) is 15.3. The van der Waals surface area contributed by atoms with Gasteiger partial charge in [-0.25, -0.2) is 0 Å². The van der Waals surface area contributed by atoms with Gasteiger partial charge < -0.3 is 15.7 Å². The van der Waals surface area contributed by atoms with Crippen molar-refractivity contribution in [2.45, 2.75) is 6.42 Å². The summed E-state index contributed by atoms with van der Waals surface area (Å²) in [6.45, 7) is 0. The van der Waals surface area contributed by atoms with Gasteiger partial charge in [-0.2, -0.15) is 0 Å². The first kappa shape index (κ1) is 13.5. The number of benzene rings is 2. The number of carbonyl (C=O) groups excluding carboxylic acids is 1. The average molecular weight is 303 g/mol. The highest BCUT2D eigenvalue weighted by atomic mass is 35.5. The average Bonchev–Trinajstić information content (AvgIpc) is 2.53. The zero-order chi connectivity index (χ0) is 15.0. The summed E-state index contributed by atoms with van der Waals surface area (Å²) in [7, 11) is 0. The first-order valence-corrected chi connectivity index (χ1v) is 6.63. The van der Waals surface area contributed by atoms with Crippen LogP contribution in [0.15, 0.2) is 36.4 Å². The summed E-state index contributed by atoms with van der Waals surface area (Å²) >= 11 is 5.96. The van der Waals surface area contributed by atoms with Crippen LogP contribution in [0, 0.1) is 0 Å². The SMILES string of the molecule is O=C(O)Cc1ccc2c(c1)Nc1cc(Cl)ccc1C(=O)N2. The third-order valence-corrected chi connectivity index (χ3v) is 3.42. The molecule has 3 N–H and O–H groups in total. The van der Waals surface area contributed by atoms with Crippen molar-refractivity contribution >= 4 is 40.5 Å². The van der Waals surface area contributed by atoms with Gasteiger partial charge in [0.1, 0.15) is 0 Å². The third kappa shape index (κ3) is 2.68. The summed E-state index contributed by atoms with van der Waals surface area (Å²) in [4.78, 5) is 22.9. The van der Waals surface area contributed by atoms with Crippen LogP contribution in [0.3, 0.4) is 0 Å². The van der Waals surface area contributed by atoms with Crippen LogP contribution in [0.25, 0.3) is 0 Å². The topological polar surface area (TPSA) is 78.4 Å². The van der Waals surface area contributed by atoms with Crippen LogP contribution < -0.4 is 10.6 Å². The van der Waals surface area contributed by atoms with Crippen LogP contribution in [0.2, 0.25) is 5.02 Å². The zero-order valence-electron chi connectivity index (χ0n) is 10.8. The first-order valence-electron chi connectivity index (χ1n) is 6.25. The molecule has 1 aliphatic heterocycles. The van der Waals surface area contributed by atoms with Crippen molar-refractivity contribution in [1.82, 2.24) is 0 Å². The molecule has 0 bridgehead atoms. The van der Waals surface area contributed by atoms with Crippen LogP contribution in [0.5, 0.6) is 0 Å². The van der Waals surface area contributed by atoms with Crippen molar-refractivity contribution in [2.75, 3.05) is 10.6 Å². The molecular weight excluding hydrogens is 292 g/mol. The predicted molar refractivity (Wildman–Crippen MR) is 80.5 cm³/mol. The molecule has 0 aliphatic carbocycles. The van der Waals surface area contributed by atoms with E-state index in [0.717, 1.165) is 0 Å². The molecule has 3 rings (SSSR count). The summed E-state index contributed by atoms with van der Waals surface area (Å²) < 4.78 is 0. The molecule has 1 amide bonds. The van der Waals surface area contributed by atoms with Crippen LogP contribution in [-0.4, -0.2) is 17.0 Å². The van der Waals surface area contributed by atoms with Gasteiger partial charge in [-0.05, 0) is 35.9 Å². The number of anilines is 3. The fraction of sp³-hybridized carbons (Fsp3) is 0.0667. The van der Waals surface area contributed by atoms with Gasteiger partial charge in [0.25, 0.3) is 5.91 Å². The fourth-order valence-electron chi connectivity index (χ4n) is 2.24. The quantitative estimate of drug-likeness (QED) is 0.795. The van der Waals surface area contributed by atoms with E-state index in [1.165, 1.54) is 0 Å². The van der Waals surface area contributed by atoms with Gasteiger partial charge in [-0.1, -0.05) is 17.7 Å². The van der Waals surface area contributed by atoms with E-state index in [9.17, 15) is 9.59 Å². The molecule has 0 saturated carbocycles. The molecule has 21 heavy (non-hydrogen) atoms. The minimum Gasteiger partial charge on any atom is -0.481 e. The number of hydrogen-bond donors (Lipinski definition) is 3. The number of rotatable bonds is 2. The van der Waals surface area contributed by atoms with Crippen molar-refractivity contribution in [1.29, 1.82) is 0 Å². The second kappa shape index (κ2) is 5.10. The number of carboxylic acid groups (broad SMARTS) is 1. The lowest BCUT2D eigenvalue weighted by molar-refractivity contribution is -0.136. The number of carboxylic acids is 1. The normalized spacial score (nSPS) is 12.5.